The monoisotopic (exact) mass is 506 g/mol. The molecule has 8 nitrogen and oxygen atoms in total. The molecular weight excluding hydrogens is 468 g/mol. The van der Waals surface area contributed by atoms with E-state index in [1.54, 1.807) is 40.8 Å². The third-order valence-electron chi connectivity index (χ3n) is 6.55. The van der Waals surface area contributed by atoms with Crippen LogP contribution in [0.1, 0.15) is 71.6 Å². The van der Waals surface area contributed by atoms with Crippen molar-refractivity contribution in [1.29, 1.82) is 0 Å². The molecule has 3 aliphatic rings. The number of cyclic esters (lactones) is 1. The molecule has 3 atom stereocenters. The standard InChI is InChI=1S/C26H38N2O6S/c1-24(2,3)33-23(30)28-21(15-35-6)26(22(29)32-25(4,5)34-26)14-19-18-13-17(10-9-16-7-8-16)31-20(18)11-12-27-19/h11-12,16-17,21H,7-10,13-15H2,1-6H3,(H,28,30)/t17?,21-,26+/m0/s1. The number of hydrogen-bond acceptors (Lipinski definition) is 8. The van der Waals surface area contributed by atoms with Gasteiger partial charge in [0.15, 0.2) is 5.60 Å². The van der Waals surface area contributed by atoms with Gasteiger partial charge < -0.3 is 24.3 Å². The molecular formula is C26H38N2O6S. The number of thioether (sulfide) groups is 1. The number of hydrogen-bond donors (Lipinski definition) is 1. The quantitative estimate of drug-likeness (QED) is 0.492. The summed E-state index contributed by atoms with van der Waals surface area (Å²) in [6.45, 7) is 8.80. The van der Waals surface area contributed by atoms with Gasteiger partial charge in [-0.2, -0.15) is 11.8 Å². The van der Waals surface area contributed by atoms with Crippen molar-refractivity contribution >= 4 is 23.8 Å². The summed E-state index contributed by atoms with van der Waals surface area (Å²) in [6.07, 6.45) is 8.92. The van der Waals surface area contributed by atoms with Crippen LogP contribution in [0.5, 0.6) is 5.75 Å². The van der Waals surface area contributed by atoms with Crippen molar-refractivity contribution in [3.63, 3.8) is 0 Å². The van der Waals surface area contributed by atoms with Crippen molar-refractivity contribution in [1.82, 2.24) is 10.3 Å². The lowest BCUT2D eigenvalue weighted by atomic mass is 9.87. The molecule has 1 saturated heterocycles. The Balaban J connectivity index is 1.61. The molecule has 1 saturated carbocycles. The van der Waals surface area contributed by atoms with Crippen molar-refractivity contribution in [2.24, 2.45) is 5.92 Å². The van der Waals surface area contributed by atoms with E-state index in [1.165, 1.54) is 31.0 Å². The number of aromatic nitrogens is 1. The van der Waals surface area contributed by atoms with Gasteiger partial charge in [-0.15, -0.1) is 0 Å². The number of amides is 1. The van der Waals surface area contributed by atoms with Crippen LogP contribution in [-0.4, -0.2) is 58.2 Å². The molecule has 1 aromatic heterocycles. The maximum atomic E-state index is 13.4. The molecule has 9 heteroatoms. The average Bonchev–Trinajstić information content (AvgIpc) is 3.41. The van der Waals surface area contributed by atoms with Crippen LogP contribution in [0.15, 0.2) is 12.3 Å². The number of carbonyl (C=O) groups excluding carboxylic acids is 2. The second kappa shape index (κ2) is 9.81. The molecule has 0 aromatic carbocycles. The van der Waals surface area contributed by atoms with Crippen molar-refractivity contribution in [3.8, 4) is 5.75 Å². The van der Waals surface area contributed by atoms with Gasteiger partial charge in [-0.1, -0.05) is 12.8 Å². The number of esters is 1. The number of nitrogens with zero attached hydrogens (tertiary/aromatic N) is 1. The Bertz CT molecular complexity index is 958. The highest BCUT2D eigenvalue weighted by atomic mass is 32.2. The zero-order valence-electron chi connectivity index (χ0n) is 21.6. The summed E-state index contributed by atoms with van der Waals surface area (Å²) in [6, 6.07) is 1.20. The number of nitrogens with one attached hydrogen (secondary N) is 1. The molecule has 1 N–H and O–H groups in total. The van der Waals surface area contributed by atoms with E-state index in [1.807, 2.05) is 12.3 Å². The molecule has 1 aliphatic carbocycles. The molecule has 0 radical (unpaired) electrons. The van der Waals surface area contributed by atoms with E-state index in [9.17, 15) is 9.59 Å². The third kappa shape index (κ3) is 6.23. The van der Waals surface area contributed by atoms with Crippen LogP contribution >= 0.6 is 11.8 Å². The number of rotatable bonds is 9. The molecule has 194 valence electrons. The van der Waals surface area contributed by atoms with Gasteiger partial charge in [-0.25, -0.2) is 9.59 Å². The first kappa shape index (κ1) is 26.1. The minimum Gasteiger partial charge on any atom is -0.490 e. The topological polar surface area (TPSA) is 96.0 Å². The molecule has 3 heterocycles. The molecule has 0 spiro atoms. The maximum Gasteiger partial charge on any atom is 0.408 e. The van der Waals surface area contributed by atoms with Gasteiger partial charge in [0.05, 0.1) is 11.7 Å². The number of pyridine rings is 1. The summed E-state index contributed by atoms with van der Waals surface area (Å²) in [5, 5.41) is 2.90. The first-order chi connectivity index (χ1) is 16.4. The predicted octanol–water partition coefficient (Wildman–Crippen LogP) is 4.42. The first-order valence-electron chi connectivity index (χ1n) is 12.5. The molecule has 1 aromatic rings. The van der Waals surface area contributed by atoms with Crippen LogP contribution in [0.2, 0.25) is 0 Å². The van der Waals surface area contributed by atoms with Gasteiger partial charge in [0.25, 0.3) is 0 Å². The summed E-state index contributed by atoms with van der Waals surface area (Å²) in [4.78, 5) is 30.8. The smallest absolute Gasteiger partial charge is 0.408 e. The Hall–Kier alpha value is -2.00. The highest BCUT2D eigenvalue weighted by Gasteiger charge is 2.59. The van der Waals surface area contributed by atoms with Crippen LogP contribution in [0.25, 0.3) is 0 Å². The number of carbonyl (C=O) groups is 2. The molecule has 35 heavy (non-hydrogen) atoms. The second-order valence-corrected chi connectivity index (χ2v) is 12.2. The molecule has 1 unspecified atom stereocenters. The fourth-order valence-corrected chi connectivity index (χ4v) is 5.53. The Labute approximate surface area is 212 Å². The molecule has 4 rings (SSSR count). The highest BCUT2D eigenvalue weighted by molar-refractivity contribution is 7.98. The maximum absolute atomic E-state index is 13.4. The fourth-order valence-electron chi connectivity index (χ4n) is 4.85. The minimum atomic E-state index is -1.45. The normalized spacial score (nSPS) is 26.0. The molecule has 2 aliphatic heterocycles. The Morgan fingerprint density at radius 1 is 1.31 bits per heavy atom. The third-order valence-corrected chi connectivity index (χ3v) is 7.22. The number of fused-ring (bicyclic) bond motifs is 1. The zero-order valence-corrected chi connectivity index (χ0v) is 22.5. The van der Waals surface area contributed by atoms with E-state index in [2.05, 4.69) is 10.3 Å². The van der Waals surface area contributed by atoms with E-state index in [4.69, 9.17) is 18.9 Å². The van der Waals surface area contributed by atoms with Crippen LogP contribution in [0, 0.1) is 5.92 Å². The largest absolute Gasteiger partial charge is 0.490 e. The fraction of sp³-hybridized carbons (Fsp3) is 0.731. The lowest BCUT2D eigenvalue weighted by molar-refractivity contribution is -0.169. The molecule has 0 bridgehead atoms. The molecule has 1 amide bonds. The van der Waals surface area contributed by atoms with Crippen LogP contribution in [0.3, 0.4) is 0 Å². The van der Waals surface area contributed by atoms with E-state index in [0.29, 0.717) is 5.75 Å². The van der Waals surface area contributed by atoms with Gasteiger partial charge in [-0.3, -0.25) is 4.98 Å². The zero-order chi connectivity index (χ0) is 25.4. The predicted molar refractivity (Wildman–Crippen MR) is 134 cm³/mol. The van der Waals surface area contributed by atoms with Gasteiger partial charge in [0.1, 0.15) is 17.5 Å². The Morgan fingerprint density at radius 2 is 2.06 bits per heavy atom. The molecule has 2 fully saturated rings. The SMILES string of the molecule is CSC[C@H](NC(=O)OC(C)(C)C)[C@@]1(Cc2nccc3c2CC(CCC2CC2)O3)OC(C)(C)OC1=O. The van der Waals surface area contributed by atoms with Crippen LogP contribution in [-0.2, 0) is 31.8 Å². The lowest BCUT2D eigenvalue weighted by Gasteiger charge is -2.35. The Morgan fingerprint density at radius 3 is 2.66 bits per heavy atom. The number of ether oxygens (including phenoxy) is 4. The summed E-state index contributed by atoms with van der Waals surface area (Å²) < 4.78 is 23.7. The van der Waals surface area contributed by atoms with Gasteiger partial charge in [0.2, 0.25) is 5.79 Å². The number of alkyl carbamates (subject to hydrolysis) is 1. The van der Waals surface area contributed by atoms with Crippen LogP contribution in [0.4, 0.5) is 4.79 Å². The summed E-state index contributed by atoms with van der Waals surface area (Å²) in [5.74, 6) is 0.447. The minimum absolute atomic E-state index is 0.124. The van der Waals surface area contributed by atoms with E-state index < -0.39 is 35.1 Å². The lowest BCUT2D eigenvalue weighted by Crippen LogP contribution is -2.60. The van der Waals surface area contributed by atoms with Crippen LogP contribution < -0.4 is 10.1 Å². The van der Waals surface area contributed by atoms with Gasteiger partial charge in [-0.05, 0) is 51.9 Å². The second-order valence-electron chi connectivity index (χ2n) is 11.3. The summed E-state index contributed by atoms with van der Waals surface area (Å²) >= 11 is 1.51. The summed E-state index contributed by atoms with van der Waals surface area (Å²) in [5.41, 5.74) is -0.374. The van der Waals surface area contributed by atoms with E-state index in [-0.39, 0.29) is 12.5 Å². The Kier molecular flexibility index (Phi) is 7.31. The van der Waals surface area contributed by atoms with E-state index >= 15 is 0 Å². The van der Waals surface area contributed by atoms with Gasteiger partial charge >= 0.3 is 12.1 Å². The highest BCUT2D eigenvalue weighted by Crippen LogP contribution is 2.42. The van der Waals surface area contributed by atoms with Gasteiger partial charge in [0, 0.05) is 44.2 Å². The van der Waals surface area contributed by atoms with Crippen molar-refractivity contribution < 1.29 is 28.5 Å². The first-order valence-corrected chi connectivity index (χ1v) is 13.9. The van der Waals surface area contributed by atoms with Crippen molar-refractivity contribution in [3.05, 3.63) is 23.5 Å². The average molecular weight is 507 g/mol. The van der Waals surface area contributed by atoms with E-state index in [0.717, 1.165) is 35.8 Å². The van der Waals surface area contributed by atoms with Crippen molar-refractivity contribution in [2.45, 2.75) is 102 Å². The van der Waals surface area contributed by atoms with Crippen molar-refractivity contribution in [2.75, 3.05) is 12.0 Å². The summed E-state index contributed by atoms with van der Waals surface area (Å²) in [7, 11) is 0.